The Balaban J connectivity index is 2.15. The Labute approximate surface area is 123 Å². The van der Waals surface area contributed by atoms with E-state index in [4.69, 9.17) is 11.6 Å². The molecule has 0 spiro atoms. The lowest BCUT2D eigenvalue weighted by Crippen LogP contribution is -2.28. The average Bonchev–Trinajstić information content (AvgIpc) is 3.01. The molecule has 1 saturated heterocycles. The minimum atomic E-state index is -0.0198. The second-order valence-electron chi connectivity index (χ2n) is 5.13. The molecule has 20 heavy (non-hydrogen) atoms. The van der Waals surface area contributed by atoms with Crippen molar-refractivity contribution in [2.75, 3.05) is 23.9 Å². The van der Waals surface area contributed by atoms with Crippen LogP contribution in [0.15, 0.2) is 29.1 Å². The zero-order valence-corrected chi connectivity index (χ0v) is 12.1. The normalized spacial score (nSPS) is 15.2. The summed E-state index contributed by atoms with van der Waals surface area (Å²) in [5.41, 5.74) is -0.0198. The van der Waals surface area contributed by atoms with E-state index in [1.165, 1.54) is 12.8 Å². The standard InChI is InChI=1S/C15H18ClN3O/c16-8-5-11-19-15(20)13-7-2-1-6-12(13)14(17-19)18-9-3-4-10-18/h1-2,6-7H,3-5,8-11H2. The molecule has 0 aliphatic carbocycles. The van der Waals surface area contributed by atoms with Gasteiger partial charge in [-0.1, -0.05) is 18.2 Å². The van der Waals surface area contributed by atoms with Crippen LogP contribution in [0.1, 0.15) is 19.3 Å². The fourth-order valence-corrected chi connectivity index (χ4v) is 2.86. The molecular weight excluding hydrogens is 274 g/mol. The molecule has 4 nitrogen and oxygen atoms in total. The maximum Gasteiger partial charge on any atom is 0.274 e. The van der Waals surface area contributed by atoms with Crippen molar-refractivity contribution in [3.63, 3.8) is 0 Å². The highest BCUT2D eigenvalue weighted by atomic mass is 35.5. The van der Waals surface area contributed by atoms with E-state index in [0.717, 1.165) is 36.1 Å². The Kier molecular flexibility index (Phi) is 3.92. The van der Waals surface area contributed by atoms with Crippen LogP contribution in [0, 0.1) is 0 Å². The highest BCUT2D eigenvalue weighted by Gasteiger charge is 2.18. The number of fused-ring (bicyclic) bond motifs is 1. The molecule has 1 fully saturated rings. The van der Waals surface area contributed by atoms with E-state index < -0.39 is 0 Å². The molecule has 0 unspecified atom stereocenters. The third kappa shape index (κ3) is 2.40. The van der Waals surface area contributed by atoms with Crippen molar-refractivity contribution in [3.8, 4) is 0 Å². The fraction of sp³-hybridized carbons (Fsp3) is 0.467. The first-order chi connectivity index (χ1) is 9.81. The van der Waals surface area contributed by atoms with Crippen LogP contribution in [0.4, 0.5) is 5.82 Å². The van der Waals surface area contributed by atoms with Crippen molar-refractivity contribution in [1.29, 1.82) is 0 Å². The molecule has 106 valence electrons. The zero-order chi connectivity index (χ0) is 13.9. The third-order valence-corrected chi connectivity index (χ3v) is 4.02. The van der Waals surface area contributed by atoms with Crippen molar-refractivity contribution in [3.05, 3.63) is 34.6 Å². The molecule has 0 N–H and O–H groups in total. The lowest BCUT2D eigenvalue weighted by molar-refractivity contribution is 0.573. The van der Waals surface area contributed by atoms with E-state index in [-0.39, 0.29) is 5.56 Å². The van der Waals surface area contributed by atoms with E-state index in [0.29, 0.717) is 12.4 Å². The van der Waals surface area contributed by atoms with Gasteiger partial charge in [-0.3, -0.25) is 4.79 Å². The Morgan fingerprint density at radius 2 is 1.85 bits per heavy atom. The van der Waals surface area contributed by atoms with Gasteiger partial charge in [0, 0.05) is 30.9 Å². The first-order valence-electron chi connectivity index (χ1n) is 7.12. The minimum Gasteiger partial charge on any atom is -0.355 e. The van der Waals surface area contributed by atoms with Crippen LogP contribution < -0.4 is 10.5 Å². The number of rotatable bonds is 4. The lowest BCUT2D eigenvalue weighted by atomic mass is 10.2. The smallest absolute Gasteiger partial charge is 0.274 e. The van der Waals surface area contributed by atoms with Gasteiger partial charge in [0.2, 0.25) is 0 Å². The summed E-state index contributed by atoms with van der Waals surface area (Å²) in [5, 5.41) is 6.30. The van der Waals surface area contributed by atoms with Crippen LogP contribution in [0.2, 0.25) is 0 Å². The quantitative estimate of drug-likeness (QED) is 0.813. The molecule has 0 saturated carbocycles. The second-order valence-corrected chi connectivity index (χ2v) is 5.51. The molecule has 0 bridgehead atoms. The topological polar surface area (TPSA) is 38.1 Å². The lowest BCUT2D eigenvalue weighted by Gasteiger charge is -2.19. The number of anilines is 1. The van der Waals surface area contributed by atoms with Gasteiger partial charge in [0.15, 0.2) is 5.82 Å². The summed E-state index contributed by atoms with van der Waals surface area (Å²) in [6.07, 6.45) is 3.14. The molecular formula is C15H18ClN3O. The van der Waals surface area contributed by atoms with Gasteiger partial charge in [-0.05, 0) is 25.3 Å². The Bertz CT molecular complexity index is 662. The van der Waals surface area contributed by atoms with Gasteiger partial charge in [0.25, 0.3) is 5.56 Å². The summed E-state index contributed by atoms with van der Waals surface area (Å²) in [4.78, 5) is 14.7. The SMILES string of the molecule is O=c1c2ccccc2c(N2CCCC2)nn1CCCCl. The first kappa shape index (κ1) is 13.4. The number of aryl methyl sites for hydroxylation is 1. The van der Waals surface area contributed by atoms with Gasteiger partial charge in [-0.15, -0.1) is 11.6 Å². The maximum atomic E-state index is 12.4. The minimum absolute atomic E-state index is 0.0198. The predicted molar refractivity (Wildman–Crippen MR) is 82.8 cm³/mol. The molecule has 1 aliphatic heterocycles. The van der Waals surface area contributed by atoms with Gasteiger partial charge in [-0.25, -0.2) is 4.68 Å². The highest BCUT2D eigenvalue weighted by Crippen LogP contribution is 2.25. The Morgan fingerprint density at radius 3 is 2.55 bits per heavy atom. The number of aromatic nitrogens is 2. The fourth-order valence-electron chi connectivity index (χ4n) is 2.74. The number of alkyl halides is 1. The van der Waals surface area contributed by atoms with Gasteiger partial charge in [-0.2, -0.15) is 5.10 Å². The van der Waals surface area contributed by atoms with Crippen LogP contribution >= 0.6 is 11.6 Å². The first-order valence-corrected chi connectivity index (χ1v) is 7.65. The predicted octanol–water partition coefficient (Wildman–Crippen LogP) is 2.63. The van der Waals surface area contributed by atoms with Crippen molar-refractivity contribution in [1.82, 2.24) is 9.78 Å². The summed E-state index contributed by atoms with van der Waals surface area (Å²) in [6, 6.07) is 7.74. The van der Waals surface area contributed by atoms with E-state index in [1.807, 2.05) is 24.3 Å². The maximum absolute atomic E-state index is 12.4. The number of hydrogen-bond donors (Lipinski definition) is 0. The van der Waals surface area contributed by atoms with Crippen molar-refractivity contribution in [2.45, 2.75) is 25.8 Å². The van der Waals surface area contributed by atoms with Crippen LogP contribution in [0.5, 0.6) is 0 Å². The van der Waals surface area contributed by atoms with E-state index in [2.05, 4.69) is 10.00 Å². The van der Waals surface area contributed by atoms with Crippen LogP contribution in [0.3, 0.4) is 0 Å². The molecule has 2 heterocycles. The van der Waals surface area contributed by atoms with Gasteiger partial charge in [0.05, 0.1) is 5.39 Å². The number of hydrogen-bond acceptors (Lipinski definition) is 3. The molecule has 1 aromatic carbocycles. The van der Waals surface area contributed by atoms with Gasteiger partial charge in [0.1, 0.15) is 0 Å². The Morgan fingerprint density at radius 1 is 1.15 bits per heavy atom. The summed E-state index contributed by atoms with van der Waals surface area (Å²) in [6.45, 7) is 2.61. The number of nitrogens with zero attached hydrogens (tertiary/aromatic N) is 3. The van der Waals surface area contributed by atoms with E-state index >= 15 is 0 Å². The molecule has 2 aromatic rings. The monoisotopic (exact) mass is 291 g/mol. The van der Waals surface area contributed by atoms with Crippen LogP contribution in [-0.2, 0) is 6.54 Å². The third-order valence-electron chi connectivity index (χ3n) is 3.76. The second kappa shape index (κ2) is 5.83. The van der Waals surface area contributed by atoms with Crippen molar-refractivity contribution >= 4 is 28.2 Å². The summed E-state index contributed by atoms with van der Waals surface area (Å²) in [5.74, 6) is 1.48. The van der Waals surface area contributed by atoms with Crippen LogP contribution in [-0.4, -0.2) is 28.8 Å². The largest absolute Gasteiger partial charge is 0.355 e. The van der Waals surface area contributed by atoms with Crippen molar-refractivity contribution < 1.29 is 0 Å². The molecule has 5 heteroatoms. The molecule has 3 rings (SSSR count). The van der Waals surface area contributed by atoms with Crippen molar-refractivity contribution in [2.24, 2.45) is 0 Å². The van der Waals surface area contributed by atoms with Gasteiger partial charge < -0.3 is 4.90 Å². The summed E-state index contributed by atoms with van der Waals surface area (Å²) >= 11 is 5.74. The zero-order valence-electron chi connectivity index (χ0n) is 11.4. The summed E-state index contributed by atoms with van der Waals surface area (Å²) in [7, 11) is 0. The summed E-state index contributed by atoms with van der Waals surface area (Å²) < 4.78 is 1.57. The van der Waals surface area contributed by atoms with Gasteiger partial charge >= 0.3 is 0 Å². The number of halogens is 1. The number of benzene rings is 1. The molecule has 0 atom stereocenters. The highest BCUT2D eigenvalue weighted by molar-refractivity contribution is 6.17. The van der Waals surface area contributed by atoms with E-state index in [9.17, 15) is 4.79 Å². The molecule has 0 radical (unpaired) electrons. The Hall–Kier alpha value is -1.55. The van der Waals surface area contributed by atoms with E-state index in [1.54, 1.807) is 4.68 Å². The van der Waals surface area contributed by atoms with Crippen LogP contribution in [0.25, 0.3) is 10.8 Å². The molecule has 1 aromatic heterocycles. The molecule has 0 amide bonds. The average molecular weight is 292 g/mol. The molecule has 1 aliphatic rings.